The summed E-state index contributed by atoms with van der Waals surface area (Å²) in [5.74, 6) is -4.73. The Balaban J connectivity index is 1.87. The molecule has 4 N–H and O–H groups in total. The van der Waals surface area contributed by atoms with Crippen LogP contribution in [0.15, 0.2) is 66.1 Å². The minimum absolute atomic E-state index is 0.0281. The molecule has 0 aromatic heterocycles. The molecule has 2 aromatic carbocycles. The van der Waals surface area contributed by atoms with Gasteiger partial charge in [-0.15, -0.1) is 0 Å². The molecule has 4 amide bonds. The van der Waals surface area contributed by atoms with Gasteiger partial charge >= 0.3 is 18.0 Å². The van der Waals surface area contributed by atoms with Crippen molar-refractivity contribution in [3.05, 3.63) is 82.8 Å². The predicted molar refractivity (Wildman–Crippen MR) is 198 cm³/mol. The van der Waals surface area contributed by atoms with Gasteiger partial charge < -0.3 is 35.5 Å². The van der Waals surface area contributed by atoms with Crippen LogP contribution in [0.5, 0.6) is 0 Å². The molecule has 1 aliphatic carbocycles. The van der Waals surface area contributed by atoms with Crippen molar-refractivity contribution >= 4 is 45.6 Å². The molecule has 4 atom stereocenters. The Hall–Kier alpha value is -5.25. The van der Waals surface area contributed by atoms with Crippen LogP contribution in [0.2, 0.25) is 0 Å². The zero-order valence-electron chi connectivity index (χ0n) is 31.2. The molecule has 0 heterocycles. The van der Waals surface area contributed by atoms with Gasteiger partial charge in [-0.2, -0.15) is 0 Å². The highest BCUT2D eigenvalue weighted by atomic mass is 32.2. The Labute approximate surface area is 315 Å². The van der Waals surface area contributed by atoms with E-state index in [-0.39, 0.29) is 26.2 Å². The molecule has 0 saturated heterocycles. The summed E-state index contributed by atoms with van der Waals surface area (Å²) in [4.78, 5) is 79.4. The fourth-order valence-electron chi connectivity index (χ4n) is 5.84. The van der Waals surface area contributed by atoms with E-state index < -0.39 is 88.0 Å². The molecule has 0 fully saturated rings. The molecule has 1 aliphatic rings. The number of sulfone groups is 1. The molecule has 2 aromatic rings. The molecule has 3 rings (SSSR count). The quantitative estimate of drug-likeness (QED) is 0.120. The third-order valence-corrected chi connectivity index (χ3v) is 9.11. The number of hydrogen-bond donors (Lipinski definition) is 4. The topological polar surface area (TPSA) is 212 Å². The first-order valence-electron chi connectivity index (χ1n) is 17.7. The zero-order chi connectivity index (χ0) is 39.8. The highest BCUT2D eigenvalue weighted by Gasteiger charge is 2.39. The smallest absolute Gasteiger partial charge is 0.408 e. The largest absolute Gasteiger partial charge is 0.466 e. The van der Waals surface area contributed by atoms with Crippen molar-refractivity contribution in [1.29, 1.82) is 0 Å². The van der Waals surface area contributed by atoms with Crippen molar-refractivity contribution in [2.75, 3.05) is 19.5 Å². The third kappa shape index (κ3) is 14.3. The lowest BCUT2D eigenvalue weighted by atomic mass is 9.93. The van der Waals surface area contributed by atoms with Gasteiger partial charge in [-0.1, -0.05) is 74.5 Å². The van der Waals surface area contributed by atoms with E-state index in [1.54, 1.807) is 58.0 Å². The van der Waals surface area contributed by atoms with Gasteiger partial charge in [0.25, 0.3) is 0 Å². The number of alkyl carbamates (subject to hydrolysis) is 1. The van der Waals surface area contributed by atoms with Crippen LogP contribution in [0.4, 0.5) is 4.79 Å². The Morgan fingerprint density at radius 2 is 1.31 bits per heavy atom. The van der Waals surface area contributed by atoms with Crippen LogP contribution in [-0.2, 0) is 67.5 Å². The summed E-state index contributed by atoms with van der Waals surface area (Å²) in [6.07, 6.45) is 1.02. The Bertz CT molecular complexity index is 1740. The first kappa shape index (κ1) is 43.2. The van der Waals surface area contributed by atoms with Gasteiger partial charge in [0.2, 0.25) is 17.7 Å². The molecule has 0 bridgehead atoms. The van der Waals surface area contributed by atoms with E-state index in [2.05, 4.69) is 21.3 Å². The Morgan fingerprint density at radius 3 is 1.87 bits per heavy atom. The van der Waals surface area contributed by atoms with Gasteiger partial charge in [-0.05, 0) is 55.2 Å². The third-order valence-electron chi connectivity index (χ3n) is 8.46. The molecular formula is C38H50N4O11S. The summed E-state index contributed by atoms with van der Waals surface area (Å²) >= 11 is 0. The monoisotopic (exact) mass is 770 g/mol. The van der Waals surface area contributed by atoms with Gasteiger partial charge in [0.15, 0.2) is 9.84 Å². The summed E-state index contributed by atoms with van der Waals surface area (Å²) in [6, 6.07) is 11.4. The summed E-state index contributed by atoms with van der Waals surface area (Å²) in [5.41, 5.74) is 2.63. The maximum Gasteiger partial charge on any atom is 0.408 e. The summed E-state index contributed by atoms with van der Waals surface area (Å²) < 4.78 is 38.9. The summed E-state index contributed by atoms with van der Waals surface area (Å²) in [6.45, 7) is 6.55. The molecule has 0 spiro atoms. The number of ether oxygens (including phenoxy) is 3. The first-order valence-corrected chi connectivity index (χ1v) is 19.7. The van der Waals surface area contributed by atoms with E-state index in [9.17, 15) is 37.2 Å². The minimum atomic E-state index is -3.61. The summed E-state index contributed by atoms with van der Waals surface area (Å²) in [5, 5.41) is 11.4. The molecule has 15 nitrogen and oxygen atoms in total. The zero-order valence-corrected chi connectivity index (χ0v) is 32.0. The lowest BCUT2D eigenvalue weighted by molar-refractivity contribution is -0.146. The number of fused-ring (bicyclic) bond motifs is 1. The number of carbonyl (C=O) groups excluding carboxylic acids is 6. The average Bonchev–Trinajstić information content (AvgIpc) is 3.54. The highest BCUT2D eigenvalue weighted by molar-refractivity contribution is 7.93. The second-order valence-electron chi connectivity index (χ2n) is 13.2. The average molecular weight is 771 g/mol. The van der Waals surface area contributed by atoms with E-state index >= 15 is 0 Å². The van der Waals surface area contributed by atoms with Crippen LogP contribution < -0.4 is 21.3 Å². The maximum absolute atomic E-state index is 14.2. The number of rotatable bonds is 19. The number of esters is 2. The number of carbonyl (C=O) groups is 6. The van der Waals surface area contributed by atoms with E-state index in [1.165, 1.54) is 0 Å². The van der Waals surface area contributed by atoms with E-state index in [0.29, 0.717) is 18.4 Å². The molecule has 54 heavy (non-hydrogen) atoms. The highest BCUT2D eigenvalue weighted by Crippen LogP contribution is 2.29. The molecule has 16 heteroatoms. The lowest BCUT2D eigenvalue weighted by Gasteiger charge is -2.30. The van der Waals surface area contributed by atoms with Gasteiger partial charge in [0.05, 0.1) is 32.1 Å². The van der Waals surface area contributed by atoms with Crippen molar-refractivity contribution in [2.45, 2.75) is 84.2 Å². The van der Waals surface area contributed by atoms with Gasteiger partial charge in [0.1, 0.15) is 24.7 Å². The van der Waals surface area contributed by atoms with E-state index in [0.717, 1.165) is 28.9 Å². The van der Waals surface area contributed by atoms with Crippen LogP contribution in [0.3, 0.4) is 0 Å². The Kier molecular flexibility index (Phi) is 16.7. The second-order valence-corrected chi connectivity index (χ2v) is 15.1. The molecule has 0 radical (unpaired) electrons. The van der Waals surface area contributed by atoms with Crippen molar-refractivity contribution in [1.82, 2.24) is 21.3 Å². The second kappa shape index (κ2) is 20.8. The maximum atomic E-state index is 14.2. The standard InChI is InChI=1S/C38H50N4O11S/c1-6-51-31(43)21-29(17-18-54(5,49)50)39-36(46)33(24(3)4)41-37(47)34(28-19-26-15-11-12-16-27(26)20-28)42-35(45)30(22-32(44)52-7-2)40-38(48)53-23-25-13-9-8-10-14-25/h8-18,24,28-30,33-34H,6-7,19-23H2,1-5H3,(H,39,46)(H,40,48)(H,41,47)(H,42,45)/b18-17+/t29-,30+,33+,34+/m1/s1. The van der Waals surface area contributed by atoms with Crippen molar-refractivity contribution in [2.24, 2.45) is 11.8 Å². The van der Waals surface area contributed by atoms with Crippen molar-refractivity contribution in [3.63, 3.8) is 0 Å². The van der Waals surface area contributed by atoms with Crippen LogP contribution in [0, 0.1) is 11.8 Å². The molecule has 0 unspecified atom stereocenters. The van der Waals surface area contributed by atoms with Crippen LogP contribution >= 0.6 is 0 Å². The molecular weight excluding hydrogens is 721 g/mol. The minimum Gasteiger partial charge on any atom is -0.466 e. The fraction of sp³-hybridized carbons (Fsp3) is 0.474. The van der Waals surface area contributed by atoms with E-state index in [1.807, 2.05) is 24.3 Å². The number of benzene rings is 2. The van der Waals surface area contributed by atoms with Gasteiger partial charge in [-0.3, -0.25) is 24.0 Å². The van der Waals surface area contributed by atoms with Crippen molar-refractivity contribution in [3.8, 4) is 0 Å². The van der Waals surface area contributed by atoms with Crippen molar-refractivity contribution < 1.29 is 51.4 Å². The molecule has 0 saturated carbocycles. The first-order chi connectivity index (χ1) is 25.6. The normalized spacial score (nSPS) is 14.9. The Morgan fingerprint density at radius 1 is 0.741 bits per heavy atom. The van der Waals surface area contributed by atoms with Crippen LogP contribution in [0.25, 0.3) is 0 Å². The SMILES string of the molecule is CCOC(=O)C[C@@H](/C=C/S(C)(=O)=O)NC(=O)[C@@H](NC(=O)[C@@H](NC(=O)[C@H](CC(=O)OCC)NC(=O)OCc1ccccc1)C1Cc2ccccc2C1)C(C)C. The fourth-order valence-corrected chi connectivity index (χ4v) is 6.31. The van der Waals surface area contributed by atoms with Gasteiger partial charge in [-0.25, -0.2) is 13.2 Å². The summed E-state index contributed by atoms with van der Waals surface area (Å²) in [7, 11) is -3.61. The molecule has 0 aliphatic heterocycles. The van der Waals surface area contributed by atoms with Gasteiger partial charge in [0, 0.05) is 11.7 Å². The predicted octanol–water partition coefficient (Wildman–Crippen LogP) is 2.27. The number of hydrogen-bond acceptors (Lipinski definition) is 11. The van der Waals surface area contributed by atoms with E-state index in [4.69, 9.17) is 14.2 Å². The number of amides is 4. The lowest BCUT2D eigenvalue weighted by Crippen LogP contribution is -2.60. The van der Waals surface area contributed by atoms with Crippen LogP contribution in [0.1, 0.15) is 57.2 Å². The molecule has 294 valence electrons. The van der Waals surface area contributed by atoms with Crippen LogP contribution in [-0.4, -0.2) is 87.8 Å². The number of nitrogens with one attached hydrogen (secondary N) is 4.